The minimum absolute atomic E-state index is 0.129. The average molecular weight is 251 g/mol. The number of nitrogens with one attached hydrogen (secondary N) is 1. The van der Waals surface area contributed by atoms with Crippen LogP contribution in [0.5, 0.6) is 0 Å². The van der Waals surface area contributed by atoms with Crippen LogP contribution in [-0.4, -0.2) is 47.1 Å². The number of amides is 1. The van der Waals surface area contributed by atoms with Crippen LogP contribution in [-0.2, 0) is 0 Å². The maximum Gasteiger partial charge on any atom is 0.272 e. The van der Waals surface area contributed by atoms with Crippen molar-refractivity contribution in [2.75, 3.05) is 25.5 Å². The molecule has 0 aliphatic carbocycles. The normalized spacial score (nSPS) is 12.0. The summed E-state index contributed by atoms with van der Waals surface area (Å²) < 4.78 is 0. The molecule has 1 rings (SSSR count). The zero-order valence-electron chi connectivity index (χ0n) is 11.2. The van der Waals surface area contributed by atoms with Crippen molar-refractivity contribution in [3.63, 3.8) is 0 Å². The maximum atomic E-state index is 12.1. The van der Waals surface area contributed by atoms with Crippen molar-refractivity contribution in [3.8, 4) is 0 Å². The zero-order valence-corrected chi connectivity index (χ0v) is 11.2. The minimum atomic E-state index is -0.402. The molecule has 0 aliphatic rings. The van der Waals surface area contributed by atoms with Crippen molar-refractivity contribution in [3.05, 3.63) is 24.0 Å². The Labute approximate surface area is 108 Å². The van der Waals surface area contributed by atoms with Gasteiger partial charge in [0.15, 0.2) is 0 Å². The van der Waals surface area contributed by atoms with E-state index in [1.807, 2.05) is 13.0 Å². The lowest BCUT2D eigenvalue weighted by atomic mass is 10.2. The predicted molar refractivity (Wildman–Crippen MR) is 71.7 cm³/mol. The Morgan fingerprint density at radius 3 is 2.94 bits per heavy atom. The number of carbonyl (C=O) groups excluding carboxylic acids is 1. The first kappa shape index (κ1) is 14.4. The molecule has 0 aromatic carbocycles. The van der Waals surface area contributed by atoms with Crippen molar-refractivity contribution in [2.45, 2.75) is 26.4 Å². The van der Waals surface area contributed by atoms with Gasteiger partial charge < -0.3 is 15.3 Å². The summed E-state index contributed by atoms with van der Waals surface area (Å²) >= 11 is 0. The topological polar surface area (TPSA) is 65.5 Å². The number of hydrogen-bond donors (Lipinski definition) is 2. The molecule has 1 unspecified atom stereocenters. The van der Waals surface area contributed by atoms with Gasteiger partial charge in [0.25, 0.3) is 5.91 Å². The number of pyridine rings is 1. The third kappa shape index (κ3) is 4.33. The monoisotopic (exact) mass is 251 g/mol. The third-order valence-corrected chi connectivity index (χ3v) is 2.59. The van der Waals surface area contributed by atoms with Crippen LogP contribution in [0.25, 0.3) is 0 Å². The summed E-state index contributed by atoms with van der Waals surface area (Å²) in [5, 5.41) is 12.3. The molecule has 1 atom stereocenters. The fraction of sp³-hybridized carbons (Fsp3) is 0.538. The fourth-order valence-corrected chi connectivity index (χ4v) is 1.54. The molecule has 5 heteroatoms. The van der Waals surface area contributed by atoms with Gasteiger partial charge in [-0.25, -0.2) is 0 Å². The molecule has 0 saturated carbocycles. The van der Waals surface area contributed by atoms with E-state index < -0.39 is 6.10 Å². The Morgan fingerprint density at radius 1 is 1.61 bits per heavy atom. The highest BCUT2D eigenvalue weighted by molar-refractivity contribution is 5.92. The second kappa shape index (κ2) is 6.96. The summed E-state index contributed by atoms with van der Waals surface area (Å²) in [6.45, 7) is 5.03. The average Bonchev–Trinajstić information content (AvgIpc) is 2.35. The molecule has 1 aromatic heterocycles. The molecule has 0 fully saturated rings. The Bertz CT molecular complexity index is 394. The zero-order chi connectivity index (χ0) is 13.5. The summed E-state index contributed by atoms with van der Waals surface area (Å²) in [4.78, 5) is 17.7. The first-order valence-corrected chi connectivity index (χ1v) is 6.18. The second-order valence-corrected chi connectivity index (χ2v) is 4.32. The van der Waals surface area contributed by atoms with Gasteiger partial charge in [-0.1, -0.05) is 0 Å². The molecule has 1 amide bonds. The second-order valence-electron chi connectivity index (χ2n) is 4.32. The van der Waals surface area contributed by atoms with Crippen LogP contribution in [0.1, 0.15) is 30.8 Å². The van der Waals surface area contributed by atoms with E-state index in [0.29, 0.717) is 18.7 Å². The summed E-state index contributed by atoms with van der Waals surface area (Å²) in [6.07, 6.45) is 1.78. The number of hydrogen-bond acceptors (Lipinski definition) is 4. The first-order valence-electron chi connectivity index (χ1n) is 6.18. The smallest absolute Gasteiger partial charge is 0.272 e. The van der Waals surface area contributed by atoms with Crippen LogP contribution >= 0.6 is 0 Å². The van der Waals surface area contributed by atoms with Crippen molar-refractivity contribution >= 4 is 11.6 Å². The number of aliphatic hydroxyl groups is 1. The van der Waals surface area contributed by atoms with E-state index in [0.717, 1.165) is 12.2 Å². The molecule has 18 heavy (non-hydrogen) atoms. The van der Waals surface area contributed by atoms with E-state index in [2.05, 4.69) is 10.3 Å². The highest BCUT2D eigenvalue weighted by atomic mass is 16.3. The number of anilines is 1. The van der Waals surface area contributed by atoms with E-state index in [-0.39, 0.29) is 5.91 Å². The highest BCUT2D eigenvalue weighted by Gasteiger charge is 2.13. The maximum absolute atomic E-state index is 12.1. The fourth-order valence-electron chi connectivity index (χ4n) is 1.54. The third-order valence-electron chi connectivity index (χ3n) is 2.59. The van der Waals surface area contributed by atoms with Crippen LogP contribution in [0.4, 0.5) is 5.69 Å². The highest BCUT2D eigenvalue weighted by Crippen LogP contribution is 2.09. The molecule has 0 bridgehead atoms. The predicted octanol–water partition coefficient (Wildman–Crippen LogP) is 1.36. The van der Waals surface area contributed by atoms with Gasteiger partial charge in [-0.3, -0.25) is 9.78 Å². The van der Waals surface area contributed by atoms with Gasteiger partial charge in [-0.05, 0) is 32.4 Å². The molecule has 0 radical (unpaired) electrons. The molecule has 100 valence electrons. The summed E-state index contributed by atoms with van der Waals surface area (Å²) in [5.41, 5.74) is 1.31. The molecular weight excluding hydrogens is 230 g/mol. The number of aliphatic hydroxyl groups excluding tert-OH is 1. The number of aromatic nitrogens is 1. The van der Waals surface area contributed by atoms with Gasteiger partial charge in [-0.15, -0.1) is 0 Å². The lowest BCUT2D eigenvalue weighted by Gasteiger charge is -2.17. The standard InChI is InChI=1S/C13H21N3O2/c1-4-14-11-5-7-15-12(9-11)13(18)16(3)8-6-10(2)17/h5,7,9-10,17H,4,6,8H2,1-3H3,(H,14,15). The Morgan fingerprint density at radius 2 is 2.33 bits per heavy atom. The van der Waals surface area contributed by atoms with Crippen molar-refractivity contribution in [1.82, 2.24) is 9.88 Å². The molecule has 2 N–H and O–H groups in total. The van der Waals surface area contributed by atoms with Gasteiger partial charge in [0, 0.05) is 32.0 Å². The van der Waals surface area contributed by atoms with E-state index in [1.165, 1.54) is 0 Å². The van der Waals surface area contributed by atoms with Crippen LogP contribution in [0.3, 0.4) is 0 Å². The molecule has 0 saturated heterocycles. The Hall–Kier alpha value is -1.62. The van der Waals surface area contributed by atoms with E-state index in [9.17, 15) is 9.90 Å². The van der Waals surface area contributed by atoms with E-state index in [4.69, 9.17) is 0 Å². The van der Waals surface area contributed by atoms with Crippen molar-refractivity contribution in [2.24, 2.45) is 0 Å². The minimum Gasteiger partial charge on any atom is -0.393 e. The van der Waals surface area contributed by atoms with Gasteiger partial charge in [0.1, 0.15) is 5.69 Å². The summed E-state index contributed by atoms with van der Waals surface area (Å²) in [6, 6.07) is 3.57. The van der Waals surface area contributed by atoms with Crippen LogP contribution in [0.2, 0.25) is 0 Å². The Balaban J connectivity index is 2.67. The van der Waals surface area contributed by atoms with Crippen molar-refractivity contribution < 1.29 is 9.90 Å². The van der Waals surface area contributed by atoms with Gasteiger partial charge in [0.05, 0.1) is 6.10 Å². The van der Waals surface area contributed by atoms with Gasteiger partial charge in [-0.2, -0.15) is 0 Å². The van der Waals surface area contributed by atoms with Crippen LogP contribution < -0.4 is 5.32 Å². The van der Waals surface area contributed by atoms with Crippen molar-refractivity contribution in [1.29, 1.82) is 0 Å². The van der Waals surface area contributed by atoms with Crippen LogP contribution in [0, 0.1) is 0 Å². The SMILES string of the molecule is CCNc1ccnc(C(=O)N(C)CCC(C)O)c1. The quantitative estimate of drug-likeness (QED) is 0.801. The lowest BCUT2D eigenvalue weighted by Crippen LogP contribution is -2.30. The van der Waals surface area contributed by atoms with Crippen LogP contribution in [0.15, 0.2) is 18.3 Å². The van der Waals surface area contributed by atoms with E-state index in [1.54, 1.807) is 31.1 Å². The largest absolute Gasteiger partial charge is 0.393 e. The molecule has 0 aliphatic heterocycles. The molecule has 5 nitrogen and oxygen atoms in total. The molecule has 1 aromatic rings. The number of nitrogens with zero attached hydrogens (tertiary/aromatic N) is 2. The summed E-state index contributed by atoms with van der Waals surface area (Å²) in [5.74, 6) is -0.129. The first-order chi connectivity index (χ1) is 8.54. The summed E-state index contributed by atoms with van der Waals surface area (Å²) in [7, 11) is 1.71. The van der Waals surface area contributed by atoms with Gasteiger partial charge >= 0.3 is 0 Å². The van der Waals surface area contributed by atoms with E-state index >= 15 is 0 Å². The number of rotatable bonds is 6. The lowest BCUT2D eigenvalue weighted by molar-refractivity contribution is 0.0763. The van der Waals surface area contributed by atoms with Gasteiger partial charge in [0.2, 0.25) is 0 Å². The molecular formula is C13H21N3O2. The number of carbonyl (C=O) groups is 1. The Kier molecular flexibility index (Phi) is 5.58. The molecule has 1 heterocycles. The molecule has 0 spiro atoms.